The first-order valence-electron chi connectivity index (χ1n) is 6.56. The van der Waals surface area contributed by atoms with E-state index in [1.54, 1.807) is 11.8 Å². The van der Waals surface area contributed by atoms with Gasteiger partial charge in [-0.1, -0.05) is 25.5 Å². The highest BCUT2D eigenvalue weighted by molar-refractivity contribution is 5.88. The van der Waals surface area contributed by atoms with E-state index >= 15 is 0 Å². The highest BCUT2D eigenvalue weighted by Crippen LogP contribution is 2.16. The van der Waals surface area contributed by atoms with Gasteiger partial charge in [0, 0.05) is 0 Å². The lowest BCUT2D eigenvalue weighted by atomic mass is 10.1. The van der Waals surface area contributed by atoms with Gasteiger partial charge >= 0.3 is 5.97 Å². The van der Waals surface area contributed by atoms with Crippen molar-refractivity contribution in [2.45, 2.75) is 26.3 Å². The summed E-state index contributed by atoms with van der Waals surface area (Å²) in [7, 11) is 1.63. The lowest BCUT2D eigenvalue weighted by molar-refractivity contribution is 0.0695. The smallest absolute Gasteiger partial charge is 0.339 e. The van der Waals surface area contributed by atoms with Gasteiger partial charge in [0.05, 0.1) is 25.5 Å². The molecular formula is C15H18N2O3. The number of carboxylic acid groups (broad SMARTS) is 1. The summed E-state index contributed by atoms with van der Waals surface area (Å²) in [4.78, 5) is 11.2. The molecule has 0 spiro atoms. The summed E-state index contributed by atoms with van der Waals surface area (Å²) in [6, 6.07) is 7.68. The van der Waals surface area contributed by atoms with E-state index in [0.717, 1.165) is 23.4 Å². The van der Waals surface area contributed by atoms with Gasteiger partial charge in [-0.05, 0) is 24.1 Å². The van der Waals surface area contributed by atoms with Crippen molar-refractivity contribution in [3.05, 3.63) is 47.3 Å². The van der Waals surface area contributed by atoms with Crippen LogP contribution in [0, 0.1) is 0 Å². The Morgan fingerprint density at radius 2 is 2.05 bits per heavy atom. The number of methoxy groups -OCH3 is 1. The Balaban J connectivity index is 2.25. The molecule has 5 heteroatoms. The summed E-state index contributed by atoms with van der Waals surface area (Å²) >= 11 is 0. The number of rotatable bonds is 6. The molecule has 0 saturated carbocycles. The van der Waals surface area contributed by atoms with Crippen LogP contribution in [0.1, 0.15) is 35.0 Å². The molecule has 5 nitrogen and oxygen atoms in total. The summed E-state index contributed by atoms with van der Waals surface area (Å²) in [5.74, 6) is -0.122. The third-order valence-corrected chi connectivity index (χ3v) is 3.16. The molecule has 2 aromatic rings. The van der Waals surface area contributed by atoms with E-state index in [2.05, 4.69) is 5.10 Å². The third-order valence-electron chi connectivity index (χ3n) is 3.16. The summed E-state index contributed by atoms with van der Waals surface area (Å²) in [6.45, 7) is 2.59. The van der Waals surface area contributed by atoms with E-state index in [1.165, 1.54) is 6.20 Å². The molecule has 0 aliphatic rings. The second kappa shape index (κ2) is 6.23. The molecule has 0 radical (unpaired) electrons. The monoisotopic (exact) mass is 274 g/mol. The molecule has 0 bridgehead atoms. The van der Waals surface area contributed by atoms with Crippen LogP contribution in [0.5, 0.6) is 5.75 Å². The number of carboxylic acids is 1. The number of hydrogen-bond donors (Lipinski definition) is 1. The molecule has 0 atom stereocenters. The van der Waals surface area contributed by atoms with E-state index in [0.29, 0.717) is 18.5 Å². The van der Waals surface area contributed by atoms with Crippen molar-refractivity contribution in [1.82, 2.24) is 9.78 Å². The quantitative estimate of drug-likeness (QED) is 0.879. The van der Waals surface area contributed by atoms with Gasteiger partial charge in [0.25, 0.3) is 0 Å². The number of carbonyl (C=O) groups is 1. The highest BCUT2D eigenvalue weighted by atomic mass is 16.5. The molecule has 0 unspecified atom stereocenters. The predicted molar refractivity (Wildman–Crippen MR) is 75.3 cm³/mol. The molecule has 20 heavy (non-hydrogen) atoms. The lowest BCUT2D eigenvalue weighted by Crippen LogP contribution is -2.09. The van der Waals surface area contributed by atoms with Crippen LogP contribution in [-0.2, 0) is 13.0 Å². The van der Waals surface area contributed by atoms with Crippen molar-refractivity contribution < 1.29 is 14.6 Å². The minimum Gasteiger partial charge on any atom is -0.497 e. The topological polar surface area (TPSA) is 64.3 Å². The summed E-state index contributed by atoms with van der Waals surface area (Å²) in [5, 5.41) is 13.4. The second-order valence-corrected chi connectivity index (χ2v) is 4.57. The maximum absolute atomic E-state index is 11.2. The van der Waals surface area contributed by atoms with Crippen molar-refractivity contribution in [1.29, 1.82) is 0 Å². The molecule has 0 aliphatic heterocycles. The lowest BCUT2D eigenvalue weighted by Gasteiger charge is -2.08. The van der Waals surface area contributed by atoms with E-state index in [-0.39, 0.29) is 0 Å². The van der Waals surface area contributed by atoms with Crippen LogP contribution in [0.3, 0.4) is 0 Å². The molecule has 0 fully saturated rings. The first-order valence-corrected chi connectivity index (χ1v) is 6.56. The summed E-state index contributed by atoms with van der Waals surface area (Å²) in [6.07, 6.45) is 3.02. The minimum atomic E-state index is -0.922. The fraction of sp³-hybridized carbons (Fsp3) is 0.333. The zero-order valence-corrected chi connectivity index (χ0v) is 11.7. The number of benzene rings is 1. The number of aromatic nitrogens is 2. The summed E-state index contributed by atoms with van der Waals surface area (Å²) in [5.41, 5.74) is 2.12. The van der Waals surface area contributed by atoms with Crippen LogP contribution in [0.15, 0.2) is 30.5 Å². The average molecular weight is 274 g/mol. The maximum atomic E-state index is 11.2. The number of nitrogens with zero attached hydrogens (tertiary/aromatic N) is 2. The molecule has 1 N–H and O–H groups in total. The van der Waals surface area contributed by atoms with Gasteiger partial charge in [-0.2, -0.15) is 5.10 Å². The second-order valence-electron chi connectivity index (χ2n) is 4.57. The standard InChI is InChI=1S/C15H18N2O3/c1-3-4-14-13(15(18)19)9-16-17(14)10-11-5-7-12(20-2)8-6-11/h5-9H,3-4,10H2,1-2H3,(H,18,19). The zero-order chi connectivity index (χ0) is 14.5. The molecule has 2 rings (SSSR count). The predicted octanol–water partition coefficient (Wildman–Crippen LogP) is 2.59. The largest absolute Gasteiger partial charge is 0.497 e. The van der Waals surface area contributed by atoms with E-state index in [1.807, 2.05) is 31.2 Å². The van der Waals surface area contributed by atoms with Gasteiger partial charge in [0.1, 0.15) is 11.3 Å². The van der Waals surface area contributed by atoms with Gasteiger partial charge in [0.15, 0.2) is 0 Å². The molecule has 1 aromatic heterocycles. The average Bonchev–Trinajstić information content (AvgIpc) is 2.83. The Bertz CT molecular complexity index is 588. The van der Waals surface area contributed by atoms with Gasteiger partial charge in [0.2, 0.25) is 0 Å². The van der Waals surface area contributed by atoms with Crippen LogP contribution in [0.2, 0.25) is 0 Å². The molecule has 0 aliphatic carbocycles. The van der Waals surface area contributed by atoms with Crippen molar-refractivity contribution in [2.24, 2.45) is 0 Å². The van der Waals surface area contributed by atoms with Gasteiger partial charge < -0.3 is 9.84 Å². The van der Waals surface area contributed by atoms with Crippen LogP contribution < -0.4 is 4.74 Å². The Kier molecular flexibility index (Phi) is 4.40. The first kappa shape index (κ1) is 14.1. The van der Waals surface area contributed by atoms with E-state index in [9.17, 15) is 9.90 Å². The van der Waals surface area contributed by atoms with Crippen molar-refractivity contribution in [2.75, 3.05) is 7.11 Å². The van der Waals surface area contributed by atoms with Gasteiger partial charge in [-0.3, -0.25) is 4.68 Å². The Morgan fingerprint density at radius 3 is 2.60 bits per heavy atom. The fourth-order valence-electron chi connectivity index (χ4n) is 2.13. The molecule has 1 heterocycles. The van der Waals surface area contributed by atoms with Crippen molar-refractivity contribution in [3.63, 3.8) is 0 Å². The van der Waals surface area contributed by atoms with Crippen LogP contribution in [0.4, 0.5) is 0 Å². The number of aromatic carboxylic acids is 1. The van der Waals surface area contributed by atoms with E-state index < -0.39 is 5.97 Å². The molecule has 106 valence electrons. The van der Waals surface area contributed by atoms with Crippen molar-refractivity contribution in [3.8, 4) is 5.75 Å². The Hall–Kier alpha value is -2.30. The Morgan fingerprint density at radius 1 is 1.35 bits per heavy atom. The van der Waals surface area contributed by atoms with Crippen LogP contribution in [0.25, 0.3) is 0 Å². The zero-order valence-electron chi connectivity index (χ0n) is 11.7. The molecule has 0 amide bonds. The van der Waals surface area contributed by atoms with Gasteiger partial charge in [-0.15, -0.1) is 0 Å². The van der Waals surface area contributed by atoms with Gasteiger partial charge in [-0.25, -0.2) is 4.79 Å². The third kappa shape index (κ3) is 2.99. The first-order chi connectivity index (χ1) is 9.65. The highest BCUT2D eigenvalue weighted by Gasteiger charge is 2.15. The maximum Gasteiger partial charge on any atom is 0.339 e. The fourth-order valence-corrected chi connectivity index (χ4v) is 2.13. The Labute approximate surface area is 117 Å². The van der Waals surface area contributed by atoms with Crippen molar-refractivity contribution >= 4 is 5.97 Å². The molecule has 1 aromatic carbocycles. The molecule has 0 saturated heterocycles. The normalized spacial score (nSPS) is 10.5. The van der Waals surface area contributed by atoms with Crippen LogP contribution >= 0.6 is 0 Å². The van der Waals surface area contributed by atoms with E-state index in [4.69, 9.17) is 4.74 Å². The number of ether oxygens (including phenoxy) is 1. The molecular weight excluding hydrogens is 256 g/mol. The SMILES string of the molecule is CCCc1c(C(=O)O)cnn1Cc1ccc(OC)cc1. The van der Waals surface area contributed by atoms with Crippen LogP contribution in [-0.4, -0.2) is 28.0 Å². The number of hydrogen-bond acceptors (Lipinski definition) is 3. The summed E-state index contributed by atoms with van der Waals surface area (Å²) < 4.78 is 6.88. The minimum absolute atomic E-state index is 0.292.